The Morgan fingerprint density at radius 2 is 1.84 bits per heavy atom. The molecule has 0 saturated heterocycles. The first-order valence-corrected chi connectivity index (χ1v) is 11.9. The maximum atomic E-state index is 14.2. The van der Waals surface area contributed by atoms with Crippen molar-refractivity contribution in [1.82, 2.24) is 14.7 Å². The van der Waals surface area contributed by atoms with Crippen LogP contribution >= 0.6 is 0 Å². The molecule has 5 rings (SSSR count). The number of rotatable bonds is 5. The fourth-order valence-electron chi connectivity index (χ4n) is 4.70. The topological polar surface area (TPSA) is 99.7 Å². The highest BCUT2D eigenvalue weighted by Gasteiger charge is 2.45. The van der Waals surface area contributed by atoms with Gasteiger partial charge in [-0.3, -0.25) is 9.59 Å². The molecule has 2 N–H and O–H groups in total. The van der Waals surface area contributed by atoms with E-state index in [0.717, 1.165) is 23.8 Å². The molecule has 1 aliphatic carbocycles. The van der Waals surface area contributed by atoms with Gasteiger partial charge < -0.3 is 20.1 Å². The zero-order valence-electron chi connectivity index (χ0n) is 21.3. The lowest BCUT2D eigenvalue weighted by molar-refractivity contribution is -0.119. The quantitative estimate of drug-likeness (QED) is 0.555. The van der Waals surface area contributed by atoms with E-state index in [-0.39, 0.29) is 41.6 Å². The third-order valence-electron chi connectivity index (χ3n) is 7.10. The van der Waals surface area contributed by atoms with Crippen molar-refractivity contribution < 1.29 is 27.8 Å². The van der Waals surface area contributed by atoms with Crippen LogP contribution in [0.2, 0.25) is 0 Å². The molecule has 8 nitrogen and oxygen atoms in total. The summed E-state index contributed by atoms with van der Waals surface area (Å²) < 4.78 is 41.5. The van der Waals surface area contributed by atoms with Gasteiger partial charge in [-0.05, 0) is 56.9 Å². The number of nitrogens with two attached hydrogens (primary N) is 1. The molecule has 2 amide bonds. The number of fused-ring (bicyclic) bond motifs is 3. The Morgan fingerprint density at radius 1 is 1.16 bits per heavy atom. The van der Waals surface area contributed by atoms with E-state index in [4.69, 9.17) is 15.2 Å². The minimum atomic E-state index is -0.774. The van der Waals surface area contributed by atoms with Crippen molar-refractivity contribution in [3.63, 3.8) is 0 Å². The molecule has 2 heterocycles. The molecule has 37 heavy (non-hydrogen) atoms. The molecular weight excluding hydrogens is 482 g/mol. The fraction of sp³-hybridized carbons (Fsp3) is 0.370. The second kappa shape index (κ2) is 8.57. The standard InChI is InChI=1S/C27H28F2N4O4/c1-27(2,3)32(4)26(35)23-20-12-37-22-11-21(36-5)17(16-9-18(16)25(30)34)10-19(22)24(20)33(31-23)15-7-13(28)6-14(29)8-15/h6-8,10-11,16,18H,9,12H2,1-5H3,(H2,30,34). The highest BCUT2D eigenvalue weighted by atomic mass is 19.1. The molecule has 1 saturated carbocycles. The van der Waals surface area contributed by atoms with E-state index in [1.807, 2.05) is 26.8 Å². The van der Waals surface area contributed by atoms with E-state index in [1.54, 1.807) is 18.0 Å². The Labute approximate surface area is 213 Å². The predicted octanol–water partition coefficient (Wildman–Crippen LogP) is 4.18. The summed E-state index contributed by atoms with van der Waals surface area (Å²) in [4.78, 5) is 26.9. The first-order chi connectivity index (χ1) is 17.4. The van der Waals surface area contributed by atoms with Gasteiger partial charge >= 0.3 is 0 Å². The van der Waals surface area contributed by atoms with Gasteiger partial charge in [-0.1, -0.05) is 0 Å². The molecule has 194 valence electrons. The fourth-order valence-corrected chi connectivity index (χ4v) is 4.70. The molecule has 10 heteroatoms. The Morgan fingerprint density at radius 3 is 2.41 bits per heavy atom. The Balaban J connectivity index is 1.74. The second-order valence-electron chi connectivity index (χ2n) is 10.5. The number of carbonyl (C=O) groups is 2. The molecular formula is C27H28F2N4O4. The summed E-state index contributed by atoms with van der Waals surface area (Å²) in [7, 11) is 3.20. The van der Waals surface area contributed by atoms with Gasteiger partial charge in [0, 0.05) is 41.8 Å². The van der Waals surface area contributed by atoms with Gasteiger partial charge in [0.15, 0.2) is 5.69 Å². The zero-order valence-corrected chi connectivity index (χ0v) is 21.3. The second-order valence-corrected chi connectivity index (χ2v) is 10.5. The number of amides is 2. The first kappa shape index (κ1) is 24.7. The van der Waals surface area contributed by atoms with Crippen molar-refractivity contribution in [3.8, 4) is 28.4 Å². The summed E-state index contributed by atoms with van der Waals surface area (Å²) in [5.41, 5.74) is 7.59. The molecule has 0 radical (unpaired) electrons. The molecule has 2 atom stereocenters. The van der Waals surface area contributed by atoms with Gasteiger partial charge in [-0.25, -0.2) is 13.5 Å². The summed E-state index contributed by atoms with van der Waals surface area (Å²) >= 11 is 0. The maximum Gasteiger partial charge on any atom is 0.274 e. The van der Waals surface area contributed by atoms with Crippen LogP contribution in [0.3, 0.4) is 0 Å². The number of halogens is 2. The van der Waals surface area contributed by atoms with Crippen LogP contribution in [0.15, 0.2) is 30.3 Å². The third-order valence-corrected chi connectivity index (χ3v) is 7.10. The van der Waals surface area contributed by atoms with Crippen LogP contribution in [-0.2, 0) is 11.4 Å². The van der Waals surface area contributed by atoms with E-state index in [0.29, 0.717) is 34.7 Å². The number of methoxy groups -OCH3 is 1. The summed E-state index contributed by atoms with van der Waals surface area (Å²) in [5.74, 6) is -1.72. The molecule has 0 bridgehead atoms. The lowest BCUT2D eigenvalue weighted by Gasteiger charge is -2.31. The predicted molar refractivity (Wildman–Crippen MR) is 132 cm³/mol. The van der Waals surface area contributed by atoms with Gasteiger partial charge in [0.1, 0.15) is 29.7 Å². The van der Waals surface area contributed by atoms with Crippen molar-refractivity contribution in [2.45, 2.75) is 45.3 Å². The molecule has 3 aromatic rings. The van der Waals surface area contributed by atoms with Crippen LogP contribution in [0, 0.1) is 17.6 Å². The lowest BCUT2D eigenvalue weighted by Crippen LogP contribution is -2.43. The molecule has 2 unspecified atom stereocenters. The number of carbonyl (C=O) groups excluding carboxylic acids is 2. The molecule has 2 aliphatic rings. The van der Waals surface area contributed by atoms with Gasteiger partial charge in [-0.15, -0.1) is 0 Å². The van der Waals surface area contributed by atoms with Crippen LogP contribution in [0.5, 0.6) is 11.5 Å². The Kier molecular flexibility index (Phi) is 5.73. The van der Waals surface area contributed by atoms with E-state index in [9.17, 15) is 18.4 Å². The van der Waals surface area contributed by atoms with Crippen LogP contribution in [0.4, 0.5) is 8.78 Å². The third kappa shape index (κ3) is 4.20. The van der Waals surface area contributed by atoms with Crippen LogP contribution < -0.4 is 15.2 Å². The van der Waals surface area contributed by atoms with E-state index in [2.05, 4.69) is 5.10 Å². The average molecular weight is 511 g/mol. The molecule has 2 aromatic carbocycles. The SMILES string of the molecule is COc1cc2c(cc1C1CC1C(N)=O)-c1c(c(C(=O)N(C)C(C)(C)C)nn1-c1cc(F)cc(F)c1)CO2. The van der Waals surface area contributed by atoms with Gasteiger partial charge in [0.2, 0.25) is 5.91 Å². The van der Waals surface area contributed by atoms with Crippen LogP contribution in [0.1, 0.15) is 54.7 Å². The van der Waals surface area contributed by atoms with Gasteiger partial charge in [0.05, 0.1) is 18.5 Å². The van der Waals surface area contributed by atoms with Gasteiger partial charge in [0.25, 0.3) is 5.91 Å². The number of hydrogen-bond donors (Lipinski definition) is 1. The molecule has 0 spiro atoms. The minimum absolute atomic E-state index is 0.0228. The van der Waals surface area contributed by atoms with E-state index >= 15 is 0 Å². The number of benzene rings is 2. The van der Waals surface area contributed by atoms with Gasteiger partial charge in [-0.2, -0.15) is 5.10 Å². The highest BCUT2D eigenvalue weighted by molar-refractivity contribution is 5.97. The van der Waals surface area contributed by atoms with Crippen LogP contribution in [0.25, 0.3) is 16.9 Å². The van der Waals surface area contributed by atoms with Crippen molar-refractivity contribution in [3.05, 3.63) is 58.8 Å². The average Bonchev–Trinajstić information content (AvgIpc) is 3.54. The van der Waals surface area contributed by atoms with Crippen molar-refractivity contribution in [2.24, 2.45) is 11.7 Å². The number of ether oxygens (including phenoxy) is 2. The largest absolute Gasteiger partial charge is 0.496 e. The zero-order chi connectivity index (χ0) is 26.8. The van der Waals surface area contributed by atoms with Crippen molar-refractivity contribution in [2.75, 3.05) is 14.2 Å². The monoisotopic (exact) mass is 510 g/mol. The lowest BCUT2D eigenvalue weighted by atomic mass is 9.96. The van der Waals surface area contributed by atoms with E-state index in [1.165, 1.54) is 11.8 Å². The number of nitrogens with zero attached hydrogens (tertiary/aromatic N) is 3. The maximum absolute atomic E-state index is 14.2. The normalized spacial score (nSPS) is 17.9. The van der Waals surface area contributed by atoms with Crippen LogP contribution in [-0.4, -0.2) is 46.2 Å². The smallest absolute Gasteiger partial charge is 0.274 e. The number of aromatic nitrogens is 2. The Hall–Kier alpha value is -3.95. The summed E-state index contributed by atoms with van der Waals surface area (Å²) in [6.45, 7) is 5.71. The summed E-state index contributed by atoms with van der Waals surface area (Å²) in [6, 6.07) is 6.63. The molecule has 1 aromatic heterocycles. The van der Waals surface area contributed by atoms with Crippen molar-refractivity contribution >= 4 is 11.8 Å². The van der Waals surface area contributed by atoms with Crippen molar-refractivity contribution in [1.29, 1.82) is 0 Å². The first-order valence-electron chi connectivity index (χ1n) is 11.9. The number of primary amides is 1. The molecule has 1 aliphatic heterocycles. The highest BCUT2D eigenvalue weighted by Crippen LogP contribution is 2.53. The molecule has 1 fully saturated rings. The Bertz CT molecular complexity index is 1420. The van der Waals surface area contributed by atoms with E-state index < -0.39 is 17.2 Å². The number of hydrogen-bond acceptors (Lipinski definition) is 5. The summed E-state index contributed by atoms with van der Waals surface area (Å²) in [6.07, 6.45) is 0.590. The summed E-state index contributed by atoms with van der Waals surface area (Å²) in [5, 5.41) is 4.56. The minimum Gasteiger partial charge on any atom is -0.496 e.